The van der Waals surface area contributed by atoms with Crippen molar-refractivity contribution in [3.8, 4) is 11.1 Å². The Bertz CT molecular complexity index is 2810. The first-order chi connectivity index (χ1) is 23.3. The first kappa shape index (κ1) is 26.7. The summed E-state index contributed by atoms with van der Waals surface area (Å²) < 4.78 is 5.37. The van der Waals surface area contributed by atoms with Crippen LogP contribution in [-0.2, 0) is 0 Å². The van der Waals surface area contributed by atoms with Gasteiger partial charge in [-0.25, -0.2) is 0 Å². The van der Waals surface area contributed by atoms with Crippen molar-refractivity contribution in [2.45, 2.75) is 0 Å². The molecule has 0 atom stereocenters. The van der Waals surface area contributed by atoms with E-state index >= 15 is 0 Å². The smallest absolute Gasteiger partial charge is 0.0468 e. The van der Waals surface area contributed by atoms with Gasteiger partial charge in [-0.05, 0) is 93.3 Å². The minimum absolute atomic E-state index is 1.14. The van der Waals surface area contributed by atoms with Gasteiger partial charge in [0.25, 0.3) is 0 Å². The Balaban J connectivity index is 1.19. The summed E-state index contributed by atoms with van der Waals surface area (Å²) >= 11 is 3.81. The molecule has 0 aliphatic rings. The van der Waals surface area contributed by atoms with E-state index in [-0.39, 0.29) is 0 Å². The Hall–Kier alpha value is -5.48. The summed E-state index contributed by atoms with van der Waals surface area (Å²) in [5, 5.41) is 10.5. The van der Waals surface area contributed by atoms with Gasteiger partial charge in [0, 0.05) is 57.4 Å². The van der Waals surface area contributed by atoms with E-state index < -0.39 is 0 Å². The van der Waals surface area contributed by atoms with Crippen LogP contribution in [0, 0.1) is 0 Å². The van der Waals surface area contributed by atoms with E-state index in [1.54, 1.807) is 0 Å². The Morgan fingerprint density at radius 1 is 0.340 bits per heavy atom. The predicted octanol–water partition coefficient (Wildman–Crippen LogP) is 13.9. The van der Waals surface area contributed by atoms with Crippen LogP contribution in [0.15, 0.2) is 164 Å². The summed E-state index contributed by atoms with van der Waals surface area (Å²) in [5.41, 5.74) is 5.85. The van der Waals surface area contributed by atoms with Crippen LogP contribution in [0.1, 0.15) is 0 Å². The zero-order valence-corrected chi connectivity index (χ0v) is 27.0. The molecular weight excluding hydrogens is 607 g/mol. The molecule has 0 saturated carbocycles. The molecule has 0 unspecified atom stereocenters. The van der Waals surface area contributed by atoms with Gasteiger partial charge < -0.3 is 4.90 Å². The zero-order chi connectivity index (χ0) is 30.9. The normalized spacial score (nSPS) is 11.8. The molecule has 2 aromatic heterocycles. The van der Waals surface area contributed by atoms with E-state index in [1.807, 2.05) is 22.7 Å². The van der Waals surface area contributed by atoms with Crippen molar-refractivity contribution in [1.82, 2.24) is 0 Å². The van der Waals surface area contributed by atoms with Crippen LogP contribution in [-0.4, -0.2) is 0 Å². The standard InChI is InChI=1S/C44H27NS2/c1-2-13-33(14-3-1)45(34-15-8-12-31(26-34)32-18-17-28-9-4-5-11-30(28)25-32)35-20-22-39-38(27-35)43-40(46-39)23-24-41-42(43)37-21-19-29-10-6-7-16-36(29)44(37)47-41/h1-27H. The third-order valence-corrected chi connectivity index (χ3v) is 11.7. The molecule has 47 heavy (non-hydrogen) atoms. The van der Waals surface area contributed by atoms with Gasteiger partial charge >= 0.3 is 0 Å². The van der Waals surface area contributed by atoms with Gasteiger partial charge in [-0.2, -0.15) is 0 Å². The Labute approximate surface area is 280 Å². The number of benzene rings is 8. The molecule has 3 heteroatoms. The molecule has 0 amide bonds. The van der Waals surface area contributed by atoms with Gasteiger partial charge in [0.05, 0.1) is 0 Å². The summed E-state index contributed by atoms with van der Waals surface area (Å²) in [5.74, 6) is 0. The lowest BCUT2D eigenvalue weighted by Gasteiger charge is -2.26. The fourth-order valence-corrected chi connectivity index (χ4v) is 9.55. The topological polar surface area (TPSA) is 3.24 Å². The molecule has 0 aliphatic carbocycles. The average molecular weight is 634 g/mol. The summed E-state index contributed by atoms with van der Waals surface area (Å²) in [6, 6.07) is 60.0. The second-order valence-electron chi connectivity index (χ2n) is 12.1. The SMILES string of the molecule is c1ccc(N(c2cccc(-c3ccc4ccccc4c3)c2)c2ccc3sc4ccc5sc6c7ccccc7ccc6c5c4c3c2)cc1. The number of anilines is 3. The van der Waals surface area contributed by atoms with Gasteiger partial charge in [-0.15, -0.1) is 22.7 Å². The first-order valence-electron chi connectivity index (χ1n) is 15.9. The maximum absolute atomic E-state index is 2.41. The fraction of sp³-hybridized carbons (Fsp3) is 0. The van der Waals surface area contributed by atoms with Crippen LogP contribution < -0.4 is 4.90 Å². The van der Waals surface area contributed by atoms with Crippen molar-refractivity contribution < 1.29 is 0 Å². The van der Waals surface area contributed by atoms with E-state index in [4.69, 9.17) is 0 Å². The fourth-order valence-electron chi connectivity index (χ4n) is 7.21. The van der Waals surface area contributed by atoms with Crippen molar-refractivity contribution >= 4 is 102 Å². The first-order valence-corrected chi connectivity index (χ1v) is 17.6. The lowest BCUT2D eigenvalue weighted by atomic mass is 10.00. The minimum Gasteiger partial charge on any atom is -0.310 e. The third-order valence-electron chi connectivity index (χ3n) is 9.40. The molecule has 1 nitrogen and oxygen atoms in total. The molecule has 0 N–H and O–H groups in total. The number of hydrogen-bond acceptors (Lipinski definition) is 3. The highest BCUT2D eigenvalue weighted by Crippen LogP contribution is 2.48. The Morgan fingerprint density at radius 2 is 1.00 bits per heavy atom. The van der Waals surface area contributed by atoms with E-state index in [1.165, 1.54) is 73.0 Å². The number of thiophene rings is 2. The molecule has 0 bridgehead atoms. The molecule has 0 fully saturated rings. The largest absolute Gasteiger partial charge is 0.310 e. The summed E-state index contributed by atoms with van der Waals surface area (Å²) in [6.45, 7) is 0. The number of hydrogen-bond donors (Lipinski definition) is 0. The summed E-state index contributed by atoms with van der Waals surface area (Å²) in [6.07, 6.45) is 0. The maximum Gasteiger partial charge on any atom is 0.0468 e. The highest BCUT2D eigenvalue weighted by Gasteiger charge is 2.18. The van der Waals surface area contributed by atoms with Crippen molar-refractivity contribution in [3.63, 3.8) is 0 Å². The minimum atomic E-state index is 1.14. The maximum atomic E-state index is 2.41. The number of fused-ring (bicyclic) bond motifs is 10. The molecule has 0 spiro atoms. The molecule has 0 aliphatic heterocycles. The van der Waals surface area contributed by atoms with Crippen LogP contribution in [0.3, 0.4) is 0 Å². The third kappa shape index (κ3) is 4.28. The summed E-state index contributed by atoms with van der Waals surface area (Å²) in [4.78, 5) is 2.40. The molecule has 0 radical (unpaired) electrons. The van der Waals surface area contributed by atoms with E-state index in [0.717, 1.165) is 17.1 Å². The van der Waals surface area contributed by atoms with Gasteiger partial charge in [0.2, 0.25) is 0 Å². The van der Waals surface area contributed by atoms with Crippen molar-refractivity contribution in [2.24, 2.45) is 0 Å². The second-order valence-corrected chi connectivity index (χ2v) is 14.3. The Kier molecular flexibility index (Phi) is 5.98. The molecule has 220 valence electrons. The molecular formula is C44H27NS2. The highest BCUT2D eigenvalue weighted by atomic mass is 32.1. The number of nitrogens with zero attached hydrogens (tertiary/aromatic N) is 1. The monoisotopic (exact) mass is 633 g/mol. The van der Waals surface area contributed by atoms with Crippen LogP contribution in [0.5, 0.6) is 0 Å². The van der Waals surface area contributed by atoms with Crippen molar-refractivity contribution in [2.75, 3.05) is 4.90 Å². The highest BCUT2D eigenvalue weighted by molar-refractivity contribution is 7.28. The molecule has 2 heterocycles. The Morgan fingerprint density at radius 3 is 1.89 bits per heavy atom. The zero-order valence-electron chi connectivity index (χ0n) is 25.4. The molecule has 10 rings (SSSR count). The molecule has 8 aromatic carbocycles. The van der Waals surface area contributed by atoms with Gasteiger partial charge in [-0.3, -0.25) is 0 Å². The number of rotatable bonds is 4. The van der Waals surface area contributed by atoms with Crippen LogP contribution in [0.4, 0.5) is 17.1 Å². The molecule has 10 aromatic rings. The van der Waals surface area contributed by atoms with Gasteiger partial charge in [-0.1, -0.05) is 103 Å². The van der Waals surface area contributed by atoms with Crippen LogP contribution in [0.2, 0.25) is 0 Å². The van der Waals surface area contributed by atoms with E-state index in [0.29, 0.717) is 0 Å². The van der Waals surface area contributed by atoms with Gasteiger partial charge in [0.1, 0.15) is 0 Å². The van der Waals surface area contributed by atoms with Gasteiger partial charge in [0.15, 0.2) is 0 Å². The lowest BCUT2D eigenvalue weighted by Crippen LogP contribution is -2.09. The van der Waals surface area contributed by atoms with E-state index in [2.05, 4.69) is 169 Å². The second kappa shape index (κ2) is 10.5. The number of para-hydroxylation sites is 1. The quantitative estimate of drug-likeness (QED) is 0.186. The van der Waals surface area contributed by atoms with Crippen LogP contribution >= 0.6 is 22.7 Å². The lowest BCUT2D eigenvalue weighted by molar-refractivity contribution is 1.29. The summed E-state index contributed by atoms with van der Waals surface area (Å²) in [7, 11) is 0. The van der Waals surface area contributed by atoms with Crippen LogP contribution in [0.25, 0.3) is 73.0 Å². The average Bonchev–Trinajstić information content (AvgIpc) is 3.70. The predicted molar refractivity (Wildman–Crippen MR) is 207 cm³/mol. The molecule has 0 saturated heterocycles. The van der Waals surface area contributed by atoms with Crippen molar-refractivity contribution in [3.05, 3.63) is 164 Å². The van der Waals surface area contributed by atoms with Crippen molar-refractivity contribution in [1.29, 1.82) is 0 Å². The van der Waals surface area contributed by atoms with E-state index in [9.17, 15) is 0 Å².